The maximum absolute atomic E-state index is 5.72. The third-order valence-electron chi connectivity index (χ3n) is 2.90. The van der Waals surface area contributed by atoms with Crippen LogP contribution in [0.15, 0.2) is 0 Å². The zero-order valence-electron chi connectivity index (χ0n) is 11.2. The van der Waals surface area contributed by atoms with Crippen LogP contribution in [0.4, 0.5) is 0 Å². The van der Waals surface area contributed by atoms with E-state index in [1.165, 1.54) is 19.3 Å². The van der Waals surface area contributed by atoms with Gasteiger partial charge in [-0.2, -0.15) is 0 Å². The van der Waals surface area contributed by atoms with Crippen LogP contribution in [-0.2, 0) is 4.74 Å². The molecule has 1 unspecified atom stereocenters. The summed E-state index contributed by atoms with van der Waals surface area (Å²) in [5.41, 5.74) is 0.237. The minimum absolute atomic E-state index is 0.237. The fourth-order valence-electron chi connectivity index (χ4n) is 1.24. The highest BCUT2D eigenvalue weighted by molar-refractivity contribution is 4.76. The van der Waals surface area contributed by atoms with Crippen LogP contribution >= 0.6 is 0 Å². The molecule has 0 saturated carbocycles. The molecule has 0 aliphatic rings. The molecule has 0 aromatic rings. The highest BCUT2D eigenvalue weighted by Gasteiger charge is 2.14. The van der Waals surface area contributed by atoms with Crippen molar-refractivity contribution in [2.45, 2.75) is 71.9 Å². The smallest absolute Gasteiger partial charge is 0.0671 e. The first-order chi connectivity index (χ1) is 7.02. The van der Waals surface area contributed by atoms with E-state index in [-0.39, 0.29) is 5.54 Å². The van der Waals surface area contributed by atoms with E-state index < -0.39 is 0 Å². The molecule has 0 amide bonds. The molecule has 0 aliphatic carbocycles. The average Bonchev–Trinajstić information content (AvgIpc) is 2.22. The van der Waals surface area contributed by atoms with E-state index in [9.17, 15) is 0 Å². The molecule has 0 aromatic heterocycles. The van der Waals surface area contributed by atoms with Crippen LogP contribution in [0.3, 0.4) is 0 Å². The fourth-order valence-corrected chi connectivity index (χ4v) is 1.24. The van der Waals surface area contributed by atoms with E-state index in [2.05, 4.69) is 39.9 Å². The van der Waals surface area contributed by atoms with Crippen LogP contribution in [-0.4, -0.2) is 24.8 Å². The van der Waals surface area contributed by atoms with Crippen LogP contribution in [0.2, 0.25) is 0 Å². The minimum atomic E-state index is 0.237. The SMILES string of the molecule is CCCCCOC(C)CNC(C)(C)CC. The molecule has 2 nitrogen and oxygen atoms in total. The van der Waals surface area contributed by atoms with Crippen molar-refractivity contribution in [2.75, 3.05) is 13.2 Å². The molecule has 0 aliphatic heterocycles. The molecule has 0 rings (SSSR count). The second-order valence-corrected chi connectivity index (χ2v) is 5.01. The van der Waals surface area contributed by atoms with Crippen molar-refractivity contribution in [1.82, 2.24) is 5.32 Å². The maximum Gasteiger partial charge on any atom is 0.0671 e. The summed E-state index contributed by atoms with van der Waals surface area (Å²) in [5.74, 6) is 0. The Morgan fingerprint density at radius 3 is 2.40 bits per heavy atom. The predicted octanol–water partition coefficient (Wildman–Crippen LogP) is 3.36. The van der Waals surface area contributed by atoms with E-state index >= 15 is 0 Å². The van der Waals surface area contributed by atoms with Gasteiger partial charge in [-0.15, -0.1) is 0 Å². The molecular weight excluding hydrogens is 186 g/mol. The van der Waals surface area contributed by atoms with Gasteiger partial charge in [-0.3, -0.25) is 0 Å². The molecule has 0 radical (unpaired) electrons. The Hall–Kier alpha value is -0.0800. The summed E-state index contributed by atoms with van der Waals surface area (Å²) in [6.45, 7) is 12.9. The van der Waals surface area contributed by atoms with Crippen molar-refractivity contribution < 1.29 is 4.74 Å². The molecule has 0 aromatic carbocycles. The molecular formula is C13H29NO. The van der Waals surface area contributed by atoms with Gasteiger partial charge < -0.3 is 10.1 Å². The Labute approximate surface area is 95.8 Å². The number of nitrogens with one attached hydrogen (secondary N) is 1. The summed E-state index contributed by atoms with van der Waals surface area (Å²) >= 11 is 0. The Balaban J connectivity index is 3.44. The molecule has 0 bridgehead atoms. The lowest BCUT2D eigenvalue weighted by Crippen LogP contribution is -2.42. The van der Waals surface area contributed by atoms with Gasteiger partial charge in [-0.25, -0.2) is 0 Å². The lowest BCUT2D eigenvalue weighted by atomic mass is 10.0. The van der Waals surface area contributed by atoms with E-state index in [4.69, 9.17) is 4.74 Å². The largest absolute Gasteiger partial charge is 0.377 e. The Morgan fingerprint density at radius 2 is 1.87 bits per heavy atom. The molecule has 92 valence electrons. The molecule has 1 N–H and O–H groups in total. The van der Waals surface area contributed by atoms with Crippen molar-refractivity contribution >= 4 is 0 Å². The molecule has 2 heteroatoms. The van der Waals surface area contributed by atoms with Gasteiger partial charge in [0.1, 0.15) is 0 Å². The van der Waals surface area contributed by atoms with Crippen LogP contribution in [0.5, 0.6) is 0 Å². The van der Waals surface area contributed by atoms with Crippen LogP contribution in [0, 0.1) is 0 Å². The second-order valence-electron chi connectivity index (χ2n) is 5.01. The first-order valence-corrected chi connectivity index (χ1v) is 6.38. The van der Waals surface area contributed by atoms with Gasteiger partial charge in [0.2, 0.25) is 0 Å². The number of rotatable bonds is 9. The van der Waals surface area contributed by atoms with Crippen molar-refractivity contribution in [3.8, 4) is 0 Å². The van der Waals surface area contributed by atoms with E-state index in [1.807, 2.05) is 0 Å². The number of unbranched alkanes of at least 4 members (excludes halogenated alkanes) is 2. The third-order valence-corrected chi connectivity index (χ3v) is 2.90. The van der Waals surface area contributed by atoms with Gasteiger partial charge in [0, 0.05) is 18.7 Å². The van der Waals surface area contributed by atoms with Crippen molar-refractivity contribution in [2.24, 2.45) is 0 Å². The monoisotopic (exact) mass is 215 g/mol. The highest BCUT2D eigenvalue weighted by Crippen LogP contribution is 2.07. The lowest BCUT2D eigenvalue weighted by molar-refractivity contribution is 0.0581. The molecule has 0 saturated heterocycles. The van der Waals surface area contributed by atoms with Gasteiger partial charge in [0.15, 0.2) is 0 Å². The fraction of sp³-hybridized carbons (Fsp3) is 1.00. The van der Waals surface area contributed by atoms with Crippen molar-refractivity contribution in [1.29, 1.82) is 0 Å². The number of hydrogen-bond acceptors (Lipinski definition) is 2. The molecule has 0 fully saturated rings. The van der Waals surface area contributed by atoms with Gasteiger partial charge in [0.05, 0.1) is 6.10 Å². The first kappa shape index (κ1) is 14.9. The number of ether oxygens (including phenoxy) is 1. The summed E-state index contributed by atoms with van der Waals surface area (Å²) in [4.78, 5) is 0. The van der Waals surface area contributed by atoms with Crippen molar-refractivity contribution in [3.63, 3.8) is 0 Å². The normalized spacial score (nSPS) is 14.2. The van der Waals surface area contributed by atoms with Crippen LogP contribution in [0.1, 0.15) is 60.3 Å². The van der Waals surface area contributed by atoms with Crippen molar-refractivity contribution in [3.05, 3.63) is 0 Å². The predicted molar refractivity (Wildman–Crippen MR) is 67.3 cm³/mol. The van der Waals surface area contributed by atoms with Gasteiger partial charge >= 0.3 is 0 Å². The van der Waals surface area contributed by atoms with Gasteiger partial charge in [-0.1, -0.05) is 26.7 Å². The minimum Gasteiger partial charge on any atom is -0.377 e. The van der Waals surface area contributed by atoms with E-state index in [0.717, 1.165) is 19.6 Å². The maximum atomic E-state index is 5.72. The second kappa shape index (κ2) is 8.12. The topological polar surface area (TPSA) is 21.3 Å². The third kappa shape index (κ3) is 8.88. The summed E-state index contributed by atoms with van der Waals surface area (Å²) in [6.07, 6.45) is 5.21. The Kier molecular flexibility index (Phi) is 8.07. The summed E-state index contributed by atoms with van der Waals surface area (Å²) in [5, 5.41) is 3.52. The Morgan fingerprint density at radius 1 is 1.20 bits per heavy atom. The van der Waals surface area contributed by atoms with Gasteiger partial charge in [0.25, 0.3) is 0 Å². The summed E-state index contributed by atoms with van der Waals surface area (Å²) in [6, 6.07) is 0. The molecule has 1 atom stereocenters. The number of hydrogen-bond donors (Lipinski definition) is 1. The summed E-state index contributed by atoms with van der Waals surface area (Å²) in [7, 11) is 0. The van der Waals surface area contributed by atoms with E-state index in [1.54, 1.807) is 0 Å². The first-order valence-electron chi connectivity index (χ1n) is 6.38. The highest BCUT2D eigenvalue weighted by atomic mass is 16.5. The van der Waals surface area contributed by atoms with Crippen LogP contribution in [0.25, 0.3) is 0 Å². The molecule has 15 heavy (non-hydrogen) atoms. The quantitative estimate of drug-likeness (QED) is 0.595. The molecule has 0 spiro atoms. The zero-order chi connectivity index (χ0) is 11.7. The van der Waals surface area contributed by atoms with E-state index in [0.29, 0.717) is 6.10 Å². The summed E-state index contributed by atoms with van der Waals surface area (Å²) < 4.78 is 5.72. The molecule has 0 heterocycles. The van der Waals surface area contributed by atoms with Gasteiger partial charge in [-0.05, 0) is 33.6 Å². The standard InChI is InChI=1S/C13H29NO/c1-6-8-9-10-15-12(3)11-14-13(4,5)7-2/h12,14H,6-11H2,1-5H3. The van der Waals surface area contributed by atoms with Crippen LogP contribution < -0.4 is 5.32 Å². The Bertz CT molecular complexity index is 145. The zero-order valence-corrected chi connectivity index (χ0v) is 11.2. The lowest BCUT2D eigenvalue weighted by Gasteiger charge is -2.26. The average molecular weight is 215 g/mol.